The van der Waals surface area contributed by atoms with E-state index in [4.69, 9.17) is 15.9 Å². The van der Waals surface area contributed by atoms with Crippen LogP contribution in [0.4, 0.5) is 0 Å². The average Bonchev–Trinajstić information content (AvgIpc) is 3.22. The molecule has 1 amide bonds. The summed E-state index contributed by atoms with van der Waals surface area (Å²) < 4.78 is 11.5. The third kappa shape index (κ3) is 3.84. The Balaban J connectivity index is 1.48. The second-order valence-corrected chi connectivity index (χ2v) is 8.25. The van der Waals surface area contributed by atoms with E-state index in [9.17, 15) is 4.79 Å². The summed E-state index contributed by atoms with van der Waals surface area (Å²) in [6, 6.07) is 6.19. The number of hydrogen-bond acceptors (Lipinski definition) is 4. The van der Waals surface area contributed by atoms with Crippen molar-refractivity contribution in [2.75, 3.05) is 32.8 Å². The Labute approximate surface area is 167 Å². The van der Waals surface area contributed by atoms with E-state index in [1.165, 1.54) is 18.4 Å². The van der Waals surface area contributed by atoms with Gasteiger partial charge in [-0.1, -0.05) is 31.2 Å². The second-order valence-electron chi connectivity index (χ2n) is 8.25. The number of carbonyl (C=O) groups excluding carboxylic acids is 1. The molecular weight excluding hydrogens is 352 g/mol. The first-order chi connectivity index (χ1) is 13.7. The van der Waals surface area contributed by atoms with Crippen LogP contribution in [0.15, 0.2) is 18.2 Å². The van der Waals surface area contributed by atoms with Crippen molar-refractivity contribution in [3.05, 3.63) is 23.8 Å². The van der Waals surface area contributed by atoms with Crippen LogP contribution < -0.4 is 14.8 Å². The molecule has 0 spiro atoms. The fraction of sp³-hybridized carbons (Fsp3) is 0.609. The molecule has 150 valence electrons. The number of ether oxygens (including phenoxy) is 2. The Morgan fingerprint density at radius 1 is 1.18 bits per heavy atom. The molecular formula is C23H30N2O3. The van der Waals surface area contributed by atoms with Gasteiger partial charge < -0.3 is 14.8 Å². The van der Waals surface area contributed by atoms with Gasteiger partial charge in [-0.05, 0) is 49.9 Å². The van der Waals surface area contributed by atoms with E-state index in [-0.39, 0.29) is 17.4 Å². The molecule has 1 unspecified atom stereocenters. The number of fused-ring (bicyclic) bond motifs is 1. The minimum atomic E-state index is -0.0940. The van der Waals surface area contributed by atoms with Gasteiger partial charge in [-0.3, -0.25) is 9.69 Å². The number of terminal acetylenes is 1. The highest BCUT2D eigenvalue weighted by Gasteiger charge is 2.38. The number of piperidine rings is 1. The molecule has 1 aromatic carbocycles. The first kappa shape index (κ1) is 19.1. The molecule has 3 aliphatic rings. The maximum Gasteiger partial charge on any atom is 0.237 e. The number of rotatable bonds is 5. The summed E-state index contributed by atoms with van der Waals surface area (Å²) in [6.45, 7) is 3.32. The van der Waals surface area contributed by atoms with Crippen molar-refractivity contribution in [3.8, 4) is 23.8 Å². The molecule has 0 bridgehead atoms. The number of likely N-dealkylation sites (tertiary alicyclic amines) is 1. The number of nitrogens with zero attached hydrogens (tertiary/aromatic N) is 1. The van der Waals surface area contributed by atoms with Gasteiger partial charge in [0.2, 0.25) is 5.91 Å². The van der Waals surface area contributed by atoms with Crippen LogP contribution in [-0.2, 0) is 10.2 Å². The molecule has 0 aromatic heterocycles. The Bertz CT molecular complexity index is 749. The number of benzene rings is 1. The standard InChI is InChI=1S/C23H30N2O3/c1-2-12-25-13-6-3-7-19(25)22(26)24-17-23(10-4-5-11-23)18-8-9-20-21(16-18)28-15-14-27-20/h1,8-9,16,19H,3-7,10-15,17H2,(H,24,26). The second kappa shape index (κ2) is 8.45. The largest absolute Gasteiger partial charge is 0.486 e. The van der Waals surface area contributed by atoms with Gasteiger partial charge >= 0.3 is 0 Å². The lowest BCUT2D eigenvalue weighted by Gasteiger charge is -2.35. The van der Waals surface area contributed by atoms with Gasteiger partial charge in [-0.2, -0.15) is 0 Å². The molecule has 1 saturated carbocycles. The van der Waals surface area contributed by atoms with Gasteiger partial charge in [0.15, 0.2) is 11.5 Å². The molecule has 1 N–H and O–H groups in total. The highest BCUT2D eigenvalue weighted by atomic mass is 16.6. The zero-order valence-electron chi connectivity index (χ0n) is 16.5. The van der Waals surface area contributed by atoms with E-state index in [0.29, 0.717) is 26.3 Å². The van der Waals surface area contributed by atoms with Crippen LogP contribution in [0.2, 0.25) is 0 Å². The van der Waals surface area contributed by atoms with Crippen LogP contribution in [-0.4, -0.2) is 49.7 Å². The topological polar surface area (TPSA) is 50.8 Å². The van der Waals surface area contributed by atoms with E-state index in [1.54, 1.807) is 0 Å². The van der Waals surface area contributed by atoms with E-state index in [0.717, 1.165) is 50.1 Å². The molecule has 2 fully saturated rings. The Kier molecular flexibility index (Phi) is 5.77. The highest BCUT2D eigenvalue weighted by molar-refractivity contribution is 5.82. The SMILES string of the molecule is C#CCN1CCCCC1C(=O)NCC1(c2ccc3c(c2)OCCO3)CCCC1. The van der Waals surface area contributed by atoms with Gasteiger partial charge in [0.05, 0.1) is 12.6 Å². The summed E-state index contributed by atoms with van der Waals surface area (Å²) in [4.78, 5) is 15.1. The van der Waals surface area contributed by atoms with Crippen molar-refractivity contribution < 1.29 is 14.3 Å². The van der Waals surface area contributed by atoms with E-state index < -0.39 is 0 Å². The van der Waals surface area contributed by atoms with Crippen molar-refractivity contribution in [1.29, 1.82) is 0 Å². The minimum Gasteiger partial charge on any atom is -0.486 e. The minimum absolute atomic E-state index is 0.0168. The van der Waals surface area contributed by atoms with E-state index >= 15 is 0 Å². The number of carbonyl (C=O) groups is 1. The molecule has 4 rings (SSSR count). The molecule has 2 heterocycles. The van der Waals surface area contributed by atoms with Crippen LogP contribution in [0, 0.1) is 12.3 Å². The molecule has 28 heavy (non-hydrogen) atoms. The van der Waals surface area contributed by atoms with Gasteiger partial charge in [-0.25, -0.2) is 0 Å². The Morgan fingerprint density at radius 2 is 1.96 bits per heavy atom. The number of nitrogens with one attached hydrogen (secondary N) is 1. The smallest absolute Gasteiger partial charge is 0.237 e. The summed E-state index contributed by atoms with van der Waals surface area (Å²) in [5.41, 5.74) is 1.23. The zero-order valence-corrected chi connectivity index (χ0v) is 16.5. The van der Waals surface area contributed by atoms with Crippen LogP contribution in [0.3, 0.4) is 0 Å². The van der Waals surface area contributed by atoms with Crippen LogP contribution in [0.25, 0.3) is 0 Å². The predicted molar refractivity (Wildman–Crippen MR) is 109 cm³/mol. The Hall–Kier alpha value is -2.19. The molecule has 5 heteroatoms. The summed E-state index contributed by atoms with van der Waals surface area (Å²) in [6.07, 6.45) is 13.2. The van der Waals surface area contributed by atoms with Crippen molar-refractivity contribution in [2.24, 2.45) is 0 Å². The van der Waals surface area contributed by atoms with Crippen LogP contribution in [0.1, 0.15) is 50.5 Å². The number of amides is 1. The normalized spacial score (nSPS) is 23.8. The highest BCUT2D eigenvalue weighted by Crippen LogP contribution is 2.43. The van der Waals surface area contributed by atoms with Gasteiger partial charge in [-0.15, -0.1) is 6.42 Å². The lowest BCUT2D eigenvalue weighted by atomic mass is 9.78. The maximum atomic E-state index is 13.0. The van der Waals surface area contributed by atoms with Crippen molar-refractivity contribution in [2.45, 2.75) is 56.4 Å². The van der Waals surface area contributed by atoms with Crippen molar-refractivity contribution >= 4 is 5.91 Å². The fourth-order valence-corrected chi connectivity index (χ4v) is 4.96. The lowest BCUT2D eigenvalue weighted by Crippen LogP contribution is -2.51. The molecule has 5 nitrogen and oxygen atoms in total. The average molecular weight is 383 g/mol. The molecule has 1 aromatic rings. The first-order valence-corrected chi connectivity index (χ1v) is 10.6. The Morgan fingerprint density at radius 3 is 2.75 bits per heavy atom. The van der Waals surface area contributed by atoms with Gasteiger partial charge in [0.1, 0.15) is 13.2 Å². The third-order valence-corrected chi connectivity index (χ3v) is 6.53. The summed E-state index contributed by atoms with van der Waals surface area (Å²) in [5, 5.41) is 3.28. The molecule has 0 radical (unpaired) electrons. The third-order valence-electron chi connectivity index (χ3n) is 6.53. The molecule has 1 saturated heterocycles. The number of hydrogen-bond donors (Lipinski definition) is 1. The van der Waals surface area contributed by atoms with Crippen molar-refractivity contribution in [3.63, 3.8) is 0 Å². The van der Waals surface area contributed by atoms with E-state index in [2.05, 4.69) is 28.3 Å². The van der Waals surface area contributed by atoms with Crippen LogP contribution in [0.5, 0.6) is 11.5 Å². The zero-order chi connectivity index (χ0) is 19.4. The molecule has 2 aliphatic heterocycles. The quantitative estimate of drug-likeness (QED) is 0.796. The lowest BCUT2D eigenvalue weighted by molar-refractivity contribution is -0.127. The summed E-state index contributed by atoms with van der Waals surface area (Å²) in [7, 11) is 0. The molecule has 1 atom stereocenters. The van der Waals surface area contributed by atoms with Gasteiger partial charge in [0.25, 0.3) is 0 Å². The first-order valence-electron chi connectivity index (χ1n) is 10.6. The van der Waals surface area contributed by atoms with Crippen molar-refractivity contribution in [1.82, 2.24) is 10.2 Å². The summed E-state index contributed by atoms with van der Waals surface area (Å²) in [5.74, 6) is 4.47. The predicted octanol–water partition coefficient (Wildman–Crippen LogP) is 2.87. The fourth-order valence-electron chi connectivity index (χ4n) is 4.96. The van der Waals surface area contributed by atoms with Gasteiger partial charge in [0, 0.05) is 12.0 Å². The molecule has 1 aliphatic carbocycles. The maximum absolute atomic E-state index is 13.0. The van der Waals surface area contributed by atoms with E-state index in [1.807, 2.05) is 6.07 Å². The monoisotopic (exact) mass is 382 g/mol. The summed E-state index contributed by atoms with van der Waals surface area (Å²) >= 11 is 0. The van der Waals surface area contributed by atoms with Crippen LogP contribution >= 0.6 is 0 Å².